The zero-order valence-corrected chi connectivity index (χ0v) is 10.8. The number of phenolic OH excluding ortho intramolecular Hbond substituents is 1. The average Bonchev–Trinajstić information content (AvgIpc) is 2.45. The summed E-state index contributed by atoms with van der Waals surface area (Å²) in [6.07, 6.45) is 4.27. The maximum Gasteiger partial charge on any atom is 0.253 e. The first-order chi connectivity index (χ1) is 9.16. The van der Waals surface area contributed by atoms with Crippen LogP contribution in [0.15, 0.2) is 48.8 Å². The molecule has 0 aliphatic carbocycles. The molecule has 0 fully saturated rings. The minimum Gasteiger partial charge on any atom is -0.508 e. The van der Waals surface area contributed by atoms with Crippen LogP contribution < -0.4 is 0 Å². The highest BCUT2D eigenvalue weighted by Gasteiger charge is 2.11. The summed E-state index contributed by atoms with van der Waals surface area (Å²) in [5.41, 5.74) is 1.64. The number of aromatic nitrogens is 1. The zero-order valence-electron chi connectivity index (χ0n) is 10.8. The first-order valence-corrected chi connectivity index (χ1v) is 6.10. The Balaban J connectivity index is 1.96. The Morgan fingerprint density at radius 1 is 1.26 bits per heavy atom. The van der Waals surface area contributed by atoms with Gasteiger partial charge < -0.3 is 10.0 Å². The lowest BCUT2D eigenvalue weighted by Gasteiger charge is -2.17. The fourth-order valence-corrected chi connectivity index (χ4v) is 1.81. The molecule has 98 valence electrons. The lowest BCUT2D eigenvalue weighted by Crippen LogP contribution is -2.28. The molecule has 0 atom stereocenters. The highest BCUT2D eigenvalue weighted by atomic mass is 16.3. The van der Waals surface area contributed by atoms with Gasteiger partial charge >= 0.3 is 0 Å². The Kier molecular flexibility index (Phi) is 4.13. The summed E-state index contributed by atoms with van der Waals surface area (Å²) in [6.45, 7) is 0.624. The minimum atomic E-state index is -0.0926. The lowest BCUT2D eigenvalue weighted by molar-refractivity contribution is 0.0796. The predicted molar refractivity (Wildman–Crippen MR) is 73.0 cm³/mol. The van der Waals surface area contributed by atoms with E-state index in [1.54, 1.807) is 42.5 Å². The van der Waals surface area contributed by atoms with Crippen LogP contribution in [-0.2, 0) is 6.42 Å². The van der Waals surface area contributed by atoms with Crippen molar-refractivity contribution in [3.8, 4) is 5.75 Å². The number of benzene rings is 1. The van der Waals surface area contributed by atoms with Crippen molar-refractivity contribution in [2.75, 3.05) is 13.6 Å². The third-order valence-electron chi connectivity index (χ3n) is 2.93. The van der Waals surface area contributed by atoms with E-state index in [4.69, 9.17) is 0 Å². The van der Waals surface area contributed by atoms with Crippen LogP contribution >= 0.6 is 0 Å². The van der Waals surface area contributed by atoms with Gasteiger partial charge in [0.2, 0.25) is 0 Å². The van der Waals surface area contributed by atoms with E-state index in [2.05, 4.69) is 4.98 Å². The highest BCUT2D eigenvalue weighted by Crippen LogP contribution is 2.12. The normalized spacial score (nSPS) is 10.2. The van der Waals surface area contributed by atoms with Crippen molar-refractivity contribution in [3.63, 3.8) is 0 Å². The monoisotopic (exact) mass is 256 g/mol. The lowest BCUT2D eigenvalue weighted by atomic mass is 10.1. The van der Waals surface area contributed by atoms with Crippen molar-refractivity contribution in [1.82, 2.24) is 9.88 Å². The molecule has 1 amide bonds. The Labute approximate surface area is 112 Å². The topological polar surface area (TPSA) is 53.4 Å². The second-order valence-corrected chi connectivity index (χ2v) is 4.38. The van der Waals surface area contributed by atoms with Crippen molar-refractivity contribution in [1.29, 1.82) is 0 Å². The molecular formula is C15H16N2O2. The number of hydrogen-bond donors (Lipinski definition) is 1. The van der Waals surface area contributed by atoms with Crippen LogP contribution in [0.5, 0.6) is 5.75 Å². The molecule has 1 heterocycles. The van der Waals surface area contributed by atoms with Gasteiger partial charge in [0, 0.05) is 31.5 Å². The van der Waals surface area contributed by atoms with Gasteiger partial charge in [-0.2, -0.15) is 0 Å². The summed E-state index contributed by atoms with van der Waals surface area (Å²) in [5, 5.41) is 9.37. The number of pyridine rings is 1. The maximum absolute atomic E-state index is 12.1. The molecule has 4 heteroatoms. The van der Waals surface area contributed by atoms with Crippen LogP contribution in [0.3, 0.4) is 0 Å². The molecular weight excluding hydrogens is 240 g/mol. The number of aromatic hydroxyl groups is 1. The molecule has 0 radical (unpaired) electrons. The number of nitrogens with zero attached hydrogens (tertiary/aromatic N) is 2. The van der Waals surface area contributed by atoms with E-state index in [1.165, 1.54) is 6.07 Å². The van der Waals surface area contributed by atoms with E-state index < -0.39 is 0 Å². The Morgan fingerprint density at radius 3 is 2.68 bits per heavy atom. The maximum atomic E-state index is 12.1. The molecule has 0 spiro atoms. The molecule has 4 nitrogen and oxygen atoms in total. The van der Waals surface area contributed by atoms with Gasteiger partial charge in [-0.25, -0.2) is 0 Å². The molecule has 0 aliphatic heterocycles. The quantitative estimate of drug-likeness (QED) is 0.911. The van der Waals surface area contributed by atoms with Crippen LogP contribution in [0.2, 0.25) is 0 Å². The van der Waals surface area contributed by atoms with Crippen molar-refractivity contribution in [3.05, 3.63) is 59.9 Å². The molecule has 0 unspecified atom stereocenters. The van der Waals surface area contributed by atoms with Gasteiger partial charge in [0.1, 0.15) is 5.75 Å². The van der Waals surface area contributed by atoms with Crippen LogP contribution in [0, 0.1) is 0 Å². The summed E-state index contributed by atoms with van der Waals surface area (Å²) in [4.78, 5) is 17.7. The summed E-state index contributed by atoms with van der Waals surface area (Å²) < 4.78 is 0. The largest absolute Gasteiger partial charge is 0.508 e. The zero-order chi connectivity index (χ0) is 13.7. The molecule has 2 aromatic rings. The van der Waals surface area contributed by atoms with Crippen molar-refractivity contribution in [2.45, 2.75) is 6.42 Å². The van der Waals surface area contributed by atoms with Crippen LogP contribution in [0.25, 0.3) is 0 Å². The number of likely N-dealkylation sites (N-methyl/N-ethyl adjacent to an activating group) is 1. The summed E-state index contributed by atoms with van der Waals surface area (Å²) in [7, 11) is 1.76. The number of amides is 1. The van der Waals surface area contributed by atoms with Crippen molar-refractivity contribution < 1.29 is 9.90 Å². The van der Waals surface area contributed by atoms with E-state index in [0.717, 1.165) is 12.0 Å². The number of carbonyl (C=O) groups is 1. The molecule has 1 aromatic heterocycles. The van der Waals surface area contributed by atoms with Gasteiger partial charge in [0.05, 0.1) is 0 Å². The van der Waals surface area contributed by atoms with E-state index >= 15 is 0 Å². The smallest absolute Gasteiger partial charge is 0.253 e. The van der Waals surface area contributed by atoms with E-state index in [9.17, 15) is 9.90 Å². The molecule has 1 aromatic carbocycles. The van der Waals surface area contributed by atoms with Crippen molar-refractivity contribution in [2.24, 2.45) is 0 Å². The first kappa shape index (κ1) is 13.1. The van der Waals surface area contributed by atoms with Gasteiger partial charge in [-0.1, -0.05) is 6.07 Å². The molecule has 2 rings (SSSR count). The molecule has 1 N–H and O–H groups in total. The second kappa shape index (κ2) is 6.00. The average molecular weight is 256 g/mol. The van der Waals surface area contributed by atoms with Crippen molar-refractivity contribution >= 4 is 5.91 Å². The molecule has 19 heavy (non-hydrogen) atoms. The first-order valence-electron chi connectivity index (χ1n) is 6.10. The van der Waals surface area contributed by atoms with Crippen LogP contribution in [-0.4, -0.2) is 34.5 Å². The van der Waals surface area contributed by atoms with Gasteiger partial charge in [-0.05, 0) is 42.3 Å². The fourth-order valence-electron chi connectivity index (χ4n) is 1.81. The van der Waals surface area contributed by atoms with E-state index in [0.29, 0.717) is 12.1 Å². The third kappa shape index (κ3) is 3.55. The fraction of sp³-hybridized carbons (Fsp3) is 0.200. The van der Waals surface area contributed by atoms with Crippen LogP contribution in [0.4, 0.5) is 0 Å². The molecule has 0 saturated heterocycles. The number of hydrogen-bond acceptors (Lipinski definition) is 3. The van der Waals surface area contributed by atoms with Gasteiger partial charge in [-0.15, -0.1) is 0 Å². The Hall–Kier alpha value is -2.36. The predicted octanol–water partition coefficient (Wildman–Crippen LogP) is 2.10. The molecule has 0 bridgehead atoms. The van der Waals surface area contributed by atoms with Gasteiger partial charge in [0.15, 0.2) is 0 Å². The number of phenols is 1. The summed E-state index contributed by atoms with van der Waals surface area (Å²) >= 11 is 0. The summed E-state index contributed by atoms with van der Waals surface area (Å²) in [6, 6.07) is 10.3. The third-order valence-corrected chi connectivity index (χ3v) is 2.93. The van der Waals surface area contributed by atoms with Gasteiger partial charge in [-0.3, -0.25) is 9.78 Å². The SMILES string of the molecule is CN(CCc1ccncc1)C(=O)c1cccc(O)c1. The Morgan fingerprint density at radius 2 is 2.00 bits per heavy atom. The molecule has 0 saturated carbocycles. The Bertz CT molecular complexity index is 555. The van der Waals surface area contributed by atoms with Crippen LogP contribution in [0.1, 0.15) is 15.9 Å². The highest BCUT2D eigenvalue weighted by molar-refractivity contribution is 5.94. The standard InChI is InChI=1S/C15H16N2O2/c1-17(10-7-12-5-8-16-9-6-12)15(19)13-3-2-4-14(18)11-13/h2-6,8-9,11,18H,7,10H2,1H3. The number of rotatable bonds is 4. The van der Waals surface area contributed by atoms with E-state index in [1.807, 2.05) is 12.1 Å². The summed E-state index contributed by atoms with van der Waals surface area (Å²) in [5.74, 6) is 0.0124. The number of carbonyl (C=O) groups excluding carboxylic acids is 1. The minimum absolute atomic E-state index is 0.0926. The van der Waals surface area contributed by atoms with E-state index in [-0.39, 0.29) is 11.7 Å². The van der Waals surface area contributed by atoms with Gasteiger partial charge in [0.25, 0.3) is 5.91 Å². The second-order valence-electron chi connectivity index (χ2n) is 4.38. The molecule has 0 aliphatic rings.